The first-order valence-electron chi connectivity index (χ1n) is 7.68. The fraction of sp³-hybridized carbons (Fsp3) is 0.444. The van der Waals surface area contributed by atoms with Gasteiger partial charge in [-0.15, -0.1) is 0 Å². The lowest BCUT2D eigenvalue weighted by Gasteiger charge is -2.26. The lowest BCUT2D eigenvalue weighted by Crippen LogP contribution is -2.28. The minimum Gasteiger partial charge on any atom is -0.393 e. The van der Waals surface area contributed by atoms with E-state index in [4.69, 9.17) is 0 Å². The molecule has 2 unspecified atom stereocenters. The number of benzene rings is 2. The van der Waals surface area contributed by atoms with Gasteiger partial charge in [-0.2, -0.15) is 0 Å². The molecule has 0 spiro atoms. The molecule has 2 aromatic carbocycles. The molecule has 2 N–H and O–H groups in total. The van der Waals surface area contributed by atoms with Crippen LogP contribution < -0.4 is 5.32 Å². The Labute approximate surface area is 120 Å². The van der Waals surface area contributed by atoms with Gasteiger partial charge in [-0.25, -0.2) is 0 Å². The predicted molar refractivity (Wildman–Crippen MR) is 83.6 cm³/mol. The number of rotatable bonds is 4. The molecule has 0 radical (unpaired) electrons. The van der Waals surface area contributed by atoms with E-state index in [2.05, 4.69) is 47.8 Å². The van der Waals surface area contributed by atoms with E-state index >= 15 is 0 Å². The van der Waals surface area contributed by atoms with Crippen molar-refractivity contribution in [3.8, 4) is 0 Å². The highest BCUT2D eigenvalue weighted by atomic mass is 16.3. The van der Waals surface area contributed by atoms with Crippen LogP contribution in [0, 0.1) is 5.92 Å². The number of aliphatic hydroxyl groups excluding tert-OH is 1. The monoisotopic (exact) mass is 269 g/mol. The Morgan fingerprint density at radius 1 is 1.05 bits per heavy atom. The molecular weight excluding hydrogens is 246 g/mol. The molecule has 1 aliphatic rings. The van der Waals surface area contributed by atoms with Crippen LogP contribution in [-0.2, 0) is 6.54 Å². The number of nitrogens with one attached hydrogen (secondary N) is 1. The molecule has 1 saturated carbocycles. The molecule has 1 aliphatic carbocycles. The van der Waals surface area contributed by atoms with E-state index in [9.17, 15) is 5.11 Å². The van der Waals surface area contributed by atoms with Crippen molar-refractivity contribution in [1.29, 1.82) is 0 Å². The topological polar surface area (TPSA) is 32.3 Å². The summed E-state index contributed by atoms with van der Waals surface area (Å²) in [6.45, 7) is 1.93. The molecular formula is C18H23NO. The van der Waals surface area contributed by atoms with Gasteiger partial charge >= 0.3 is 0 Å². The summed E-state index contributed by atoms with van der Waals surface area (Å²) in [7, 11) is 0. The van der Waals surface area contributed by atoms with Gasteiger partial charge < -0.3 is 10.4 Å². The Kier molecular flexibility index (Phi) is 4.34. The Morgan fingerprint density at radius 3 is 2.75 bits per heavy atom. The van der Waals surface area contributed by atoms with Crippen molar-refractivity contribution in [1.82, 2.24) is 5.32 Å². The third-order valence-electron chi connectivity index (χ3n) is 4.33. The zero-order chi connectivity index (χ0) is 13.8. The first-order chi connectivity index (χ1) is 9.81. The zero-order valence-corrected chi connectivity index (χ0v) is 11.9. The maximum absolute atomic E-state index is 9.69. The van der Waals surface area contributed by atoms with Crippen LogP contribution in [0.4, 0.5) is 0 Å². The molecule has 0 aliphatic heterocycles. The van der Waals surface area contributed by atoms with Gasteiger partial charge in [-0.05, 0) is 54.1 Å². The molecule has 0 amide bonds. The van der Waals surface area contributed by atoms with Gasteiger partial charge in [0, 0.05) is 6.54 Å². The SMILES string of the molecule is OC1CCCC(CNCc2ccc3ccccc3c2)C1. The molecule has 106 valence electrons. The van der Waals surface area contributed by atoms with Crippen LogP contribution in [0.3, 0.4) is 0 Å². The highest BCUT2D eigenvalue weighted by molar-refractivity contribution is 5.82. The van der Waals surface area contributed by atoms with Crippen molar-refractivity contribution in [3.63, 3.8) is 0 Å². The van der Waals surface area contributed by atoms with Gasteiger partial charge in [0.25, 0.3) is 0 Å². The fourth-order valence-electron chi connectivity index (χ4n) is 3.22. The van der Waals surface area contributed by atoms with Gasteiger partial charge in [0.15, 0.2) is 0 Å². The Bertz CT molecular complexity index is 566. The maximum Gasteiger partial charge on any atom is 0.0543 e. The summed E-state index contributed by atoms with van der Waals surface area (Å²) in [5, 5.41) is 15.8. The summed E-state index contributed by atoms with van der Waals surface area (Å²) in [6, 6.07) is 15.1. The second-order valence-electron chi connectivity index (χ2n) is 6.00. The summed E-state index contributed by atoms with van der Waals surface area (Å²) in [5.41, 5.74) is 1.33. The third-order valence-corrected chi connectivity index (χ3v) is 4.33. The van der Waals surface area contributed by atoms with Gasteiger partial charge in [0.1, 0.15) is 0 Å². The number of fused-ring (bicyclic) bond motifs is 1. The van der Waals surface area contributed by atoms with E-state index in [0.717, 1.165) is 25.9 Å². The van der Waals surface area contributed by atoms with Crippen molar-refractivity contribution >= 4 is 10.8 Å². The van der Waals surface area contributed by atoms with E-state index in [0.29, 0.717) is 5.92 Å². The molecule has 0 heterocycles. The average molecular weight is 269 g/mol. The van der Waals surface area contributed by atoms with Crippen molar-refractivity contribution in [3.05, 3.63) is 48.0 Å². The second kappa shape index (κ2) is 6.38. The Balaban J connectivity index is 1.54. The van der Waals surface area contributed by atoms with E-state index in [1.54, 1.807) is 0 Å². The summed E-state index contributed by atoms with van der Waals surface area (Å²) in [6.07, 6.45) is 4.30. The molecule has 0 aromatic heterocycles. The highest BCUT2D eigenvalue weighted by Gasteiger charge is 2.19. The van der Waals surface area contributed by atoms with Crippen LogP contribution in [-0.4, -0.2) is 17.8 Å². The van der Waals surface area contributed by atoms with Crippen LogP contribution in [0.2, 0.25) is 0 Å². The first kappa shape index (κ1) is 13.6. The smallest absolute Gasteiger partial charge is 0.0543 e. The normalized spacial score (nSPS) is 23.1. The molecule has 2 atom stereocenters. The fourth-order valence-corrected chi connectivity index (χ4v) is 3.22. The van der Waals surface area contributed by atoms with Crippen molar-refractivity contribution in [2.45, 2.75) is 38.3 Å². The Hall–Kier alpha value is -1.38. The lowest BCUT2D eigenvalue weighted by atomic mass is 9.87. The largest absolute Gasteiger partial charge is 0.393 e. The summed E-state index contributed by atoms with van der Waals surface area (Å²) >= 11 is 0. The molecule has 2 nitrogen and oxygen atoms in total. The number of aliphatic hydroxyl groups is 1. The van der Waals surface area contributed by atoms with Crippen LogP contribution in [0.15, 0.2) is 42.5 Å². The van der Waals surface area contributed by atoms with Crippen molar-refractivity contribution in [2.75, 3.05) is 6.54 Å². The predicted octanol–water partition coefficient (Wildman–Crippen LogP) is 3.48. The van der Waals surface area contributed by atoms with E-state index < -0.39 is 0 Å². The second-order valence-corrected chi connectivity index (χ2v) is 6.00. The zero-order valence-electron chi connectivity index (χ0n) is 11.9. The lowest BCUT2D eigenvalue weighted by molar-refractivity contribution is 0.101. The molecule has 2 heteroatoms. The van der Waals surface area contributed by atoms with E-state index in [1.165, 1.54) is 29.2 Å². The molecule has 20 heavy (non-hydrogen) atoms. The average Bonchev–Trinajstić information content (AvgIpc) is 2.47. The number of hydrogen-bond acceptors (Lipinski definition) is 2. The first-order valence-corrected chi connectivity index (χ1v) is 7.68. The van der Waals surface area contributed by atoms with E-state index in [1.807, 2.05) is 0 Å². The highest BCUT2D eigenvalue weighted by Crippen LogP contribution is 2.23. The van der Waals surface area contributed by atoms with Crippen LogP contribution >= 0.6 is 0 Å². The summed E-state index contributed by atoms with van der Waals surface area (Å²) < 4.78 is 0. The van der Waals surface area contributed by atoms with Gasteiger partial charge in [-0.1, -0.05) is 42.8 Å². The molecule has 1 fully saturated rings. The van der Waals surface area contributed by atoms with Crippen LogP contribution in [0.1, 0.15) is 31.2 Å². The summed E-state index contributed by atoms with van der Waals surface area (Å²) in [4.78, 5) is 0. The van der Waals surface area contributed by atoms with Crippen LogP contribution in [0.25, 0.3) is 10.8 Å². The molecule has 0 bridgehead atoms. The standard InChI is InChI=1S/C18H23NO/c20-18-7-3-4-14(11-18)12-19-13-15-8-9-16-5-1-2-6-17(16)10-15/h1-2,5-6,8-10,14,18-20H,3-4,7,11-13H2. The van der Waals surface area contributed by atoms with Crippen molar-refractivity contribution < 1.29 is 5.11 Å². The van der Waals surface area contributed by atoms with Gasteiger partial charge in [0.2, 0.25) is 0 Å². The summed E-state index contributed by atoms with van der Waals surface area (Å²) in [5.74, 6) is 0.638. The van der Waals surface area contributed by atoms with E-state index in [-0.39, 0.29) is 6.10 Å². The van der Waals surface area contributed by atoms with Gasteiger partial charge in [0.05, 0.1) is 6.10 Å². The minimum absolute atomic E-state index is 0.0729. The third kappa shape index (κ3) is 3.38. The van der Waals surface area contributed by atoms with Crippen LogP contribution in [0.5, 0.6) is 0 Å². The molecule has 2 aromatic rings. The van der Waals surface area contributed by atoms with Crippen molar-refractivity contribution in [2.24, 2.45) is 5.92 Å². The quantitative estimate of drug-likeness (QED) is 0.890. The maximum atomic E-state index is 9.69. The van der Waals surface area contributed by atoms with Gasteiger partial charge in [-0.3, -0.25) is 0 Å². The molecule has 3 rings (SSSR count). The minimum atomic E-state index is -0.0729. The Morgan fingerprint density at radius 2 is 1.90 bits per heavy atom. The number of hydrogen-bond donors (Lipinski definition) is 2. The molecule has 0 saturated heterocycles.